The van der Waals surface area contributed by atoms with Crippen molar-refractivity contribution in [1.29, 1.82) is 0 Å². The Labute approximate surface area is 406 Å². The van der Waals surface area contributed by atoms with Crippen LogP contribution in [0.4, 0.5) is 0 Å². The standard InChI is InChI=1S/C46H68N2.2C7H15.Pd/c1-5-9-13-15-17-19-21-23-25-29-41-34-42(30-26-24-22-20-18-16-14-10-6-2)38-44(37-41)46-32-31-45(48(46)47)43-35-39(27-11-7-3)33-40(36-43)28-12-8-4;2*1-3-5-7-6-4-2;/h25-26,29-38H,5-24,27-28H2,1-4H3;2*1,3-7H2,2H3;/q;2*-1;+2. The predicted molar refractivity (Wildman–Crippen MR) is 281 cm³/mol. The minimum Gasteiger partial charge on any atom is -0.493 e. The van der Waals surface area contributed by atoms with Crippen molar-refractivity contribution in [1.82, 2.24) is 0 Å². The molecule has 2 nitrogen and oxygen atoms in total. The number of rotatable bonds is 34. The van der Waals surface area contributed by atoms with Gasteiger partial charge in [-0.25, -0.2) is 4.70 Å². The summed E-state index contributed by atoms with van der Waals surface area (Å²) in [7, 11) is 0. The van der Waals surface area contributed by atoms with E-state index in [9.17, 15) is 5.53 Å². The van der Waals surface area contributed by atoms with Crippen molar-refractivity contribution in [2.45, 2.75) is 247 Å². The molecule has 1 heterocycles. The molecule has 1 aliphatic rings. The second-order valence-corrected chi connectivity index (χ2v) is 18.0. The number of benzene rings is 2. The van der Waals surface area contributed by atoms with Crippen LogP contribution in [0.3, 0.4) is 0 Å². The van der Waals surface area contributed by atoms with Crippen molar-refractivity contribution in [3.05, 3.63) is 113 Å². The van der Waals surface area contributed by atoms with E-state index in [0.717, 1.165) is 61.0 Å². The van der Waals surface area contributed by atoms with Crippen LogP contribution in [-0.4, -0.2) is 4.70 Å². The Hall–Kier alpha value is -2.34. The van der Waals surface area contributed by atoms with Gasteiger partial charge in [0.1, 0.15) is 0 Å². The first-order valence-electron chi connectivity index (χ1n) is 26.5. The molecule has 0 fully saturated rings. The third kappa shape index (κ3) is 30.5. The zero-order chi connectivity index (χ0) is 45.3. The molecule has 63 heavy (non-hydrogen) atoms. The maximum atomic E-state index is 11.6. The Bertz CT molecular complexity index is 1420. The minimum atomic E-state index is 0. The zero-order valence-electron chi connectivity index (χ0n) is 42.2. The second-order valence-electron chi connectivity index (χ2n) is 18.0. The van der Waals surface area contributed by atoms with E-state index in [4.69, 9.17) is 0 Å². The molecule has 0 aromatic heterocycles. The van der Waals surface area contributed by atoms with Gasteiger partial charge in [0.2, 0.25) is 11.4 Å². The van der Waals surface area contributed by atoms with Crippen LogP contribution in [0.2, 0.25) is 0 Å². The number of hydrogen-bond acceptors (Lipinski definition) is 0. The van der Waals surface area contributed by atoms with Crippen molar-refractivity contribution in [2.24, 2.45) is 0 Å². The summed E-state index contributed by atoms with van der Waals surface area (Å²) in [6, 6.07) is 13.7. The van der Waals surface area contributed by atoms with Gasteiger partial charge in [-0.15, -0.1) is 0 Å². The van der Waals surface area contributed by atoms with Crippen molar-refractivity contribution >= 4 is 23.5 Å². The van der Waals surface area contributed by atoms with Crippen LogP contribution in [0.1, 0.15) is 268 Å². The van der Waals surface area contributed by atoms with Crippen LogP contribution in [0.5, 0.6) is 0 Å². The van der Waals surface area contributed by atoms with Gasteiger partial charge in [0.15, 0.2) is 0 Å². The van der Waals surface area contributed by atoms with E-state index in [1.165, 1.54) is 194 Å². The molecule has 0 amide bonds. The van der Waals surface area contributed by atoms with Crippen LogP contribution >= 0.6 is 0 Å². The smallest absolute Gasteiger partial charge is 0.493 e. The van der Waals surface area contributed by atoms with E-state index in [-0.39, 0.29) is 20.4 Å². The molecule has 358 valence electrons. The molecule has 2 aromatic carbocycles. The fourth-order valence-corrected chi connectivity index (χ4v) is 7.93. The Balaban J connectivity index is 0.00000220. The van der Waals surface area contributed by atoms with Gasteiger partial charge in [-0.3, -0.25) is 0 Å². The first-order chi connectivity index (χ1) is 30.4. The van der Waals surface area contributed by atoms with Crippen molar-refractivity contribution in [3.63, 3.8) is 0 Å². The molecular weight excluding hydrogens is 855 g/mol. The molecule has 0 saturated heterocycles. The van der Waals surface area contributed by atoms with Gasteiger partial charge in [0.05, 0.1) is 0 Å². The summed E-state index contributed by atoms with van der Waals surface area (Å²) in [4.78, 5) is 0. The van der Waals surface area contributed by atoms with Crippen LogP contribution < -0.4 is 0 Å². The van der Waals surface area contributed by atoms with E-state index in [1.807, 2.05) is 0 Å². The fraction of sp³-hybridized carbons (Fsp3) is 0.633. The largest absolute Gasteiger partial charge is 2.00 e. The molecule has 0 atom stereocenters. The normalized spacial score (nSPS) is 12.2. The summed E-state index contributed by atoms with van der Waals surface area (Å²) in [5.41, 5.74) is 20.7. The summed E-state index contributed by atoms with van der Waals surface area (Å²) >= 11 is 0. The third-order valence-electron chi connectivity index (χ3n) is 11.9. The van der Waals surface area contributed by atoms with Crippen LogP contribution in [0.25, 0.3) is 29.1 Å². The van der Waals surface area contributed by atoms with E-state index in [2.05, 4.69) is 128 Å². The molecular formula is C60H98N2Pd. The fourth-order valence-electron chi connectivity index (χ4n) is 7.93. The summed E-state index contributed by atoms with van der Waals surface area (Å²) in [5, 5.41) is 0. The quantitative estimate of drug-likeness (QED) is 0.0289. The molecule has 2 aromatic rings. The first kappa shape index (κ1) is 60.7. The van der Waals surface area contributed by atoms with E-state index in [0.29, 0.717) is 0 Å². The molecule has 3 heteroatoms. The first-order valence-corrected chi connectivity index (χ1v) is 26.5. The van der Waals surface area contributed by atoms with E-state index >= 15 is 0 Å². The molecule has 0 radical (unpaired) electrons. The van der Waals surface area contributed by atoms with Gasteiger partial charge < -0.3 is 19.4 Å². The maximum absolute atomic E-state index is 11.6. The number of unbranched alkanes of at least 4 members (excludes halogenated alkanes) is 24. The van der Waals surface area contributed by atoms with Gasteiger partial charge in [0, 0.05) is 23.3 Å². The Kier molecular flexibility index (Phi) is 41.9. The van der Waals surface area contributed by atoms with Gasteiger partial charge in [-0.2, -0.15) is 12.8 Å². The molecule has 0 aliphatic carbocycles. The minimum absolute atomic E-state index is 0. The third-order valence-corrected chi connectivity index (χ3v) is 11.9. The summed E-state index contributed by atoms with van der Waals surface area (Å²) in [6.45, 7) is 21.0. The van der Waals surface area contributed by atoms with Gasteiger partial charge >= 0.3 is 20.4 Å². The number of hydrogen-bond donors (Lipinski definition) is 0. The number of nitrogens with zero attached hydrogens (tertiary/aromatic N) is 2. The maximum Gasteiger partial charge on any atom is 2.00 e. The molecule has 0 saturated carbocycles. The van der Waals surface area contributed by atoms with E-state index in [1.54, 1.807) is 0 Å². The molecule has 0 unspecified atom stereocenters. The van der Waals surface area contributed by atoms with Crippen LogP contribution in [0.15, 0.2) is 60.7 Å². The van der Waals surface area contributed by atoms with Gasteiger partial charge in [-0.1, -0.05) is 213 Å². The molecule has 0 spiro atoms. The Morgan fingerprint density at radius 2 is 0.746 bits per heavy atom. The Morgan fingerprint density at radius 1 is 0.413 bits per heavy atom. The molecule has 0 N–H and O–H groups in total. The topological polar surface area (TPSA) is 25.3 Å². The average Bonchev–Trinajstić information content (AvgIpc) is 3.68. The number of allylic oxidation sites excluding steroid dienone is 4. The van der Waals surface area contributed by atoms with Crippen molar-refractivity contribution < 1.29 is 25.1 Å². The van der Waals surface area contributed by atoms with E-state index < -0.39 is 0 Å². The Morgan fingerprint density at radius 3 is 1.11 bits per heavy atom. The monoisotopic (exact) mass is 953 g/mol. The second kappa shape index (κ2) is 43.5. The SMILES string of the molecule is CCCCCCCCCC=Cc1cc(C=CCCCCCCCCC)cc(C2=CC=C(c3cc(CCCC)cc(CCCC)c3)[N+]2=[N-])c1.[CH2-]CCCCCC.[CH2-]CCCCCC.[Pd+2]. The number of aryl methyl sites for hydroxylation is 2. The van der Waals surface area contributed by atoms with Crippen LogP contribution in [0, 0.1) is 13.8 Å². The molecule has 1 aliphatic heterocycles. The summed E-state index contributed by atoms with van der Waals surface area (Å²) < 4.78 is 1.43. The van der Waals surface area contributed by atoms with Crippen molar-refractivity contribution in [2.75, 3.05) is 0 Å². The zero-order valence-corrected chi connectivity index (χ0v) is 43.7. The molecule has 3 rings (SSSR count). The van der Waals surface area contributed by atoms with Crippen molar-refractivity contribution in [3.8, 4) is 0 Å². The van der Waals surface area contributed by atoms with Crippen LogP contribution in [-0.2, 0) is 33.3 Å². The predicted octanol–water partition coefficient (Wildman–Crippen LogP) is 20.7. The summed E-state index contributed by atoms with van der Waals surface area (Å²) in [5.74, 6) is 0. The molecule has 0 bridgehead atoms. The average molecular weight is 954 g/mol. The summed E-state index contributed by atoms with van der Waals surface area (Å²) in [6.07, 6.45) is 54.4. The van der Waals surface area contributed by atoms with Gasteiger partial charge in [-0.05, 0) is 104 Å². The van der Waals surface area contributed by atoms with Gasteiger partial charge in [0.25, 0.3) is 0 Å².